The number of rotatable bonds is 7. The monoisotopic (exact) mass is 475 g/mol. The number of carbonyl (C=O) groups excluding carboxylic acids is 1. The van der Waals surface area contributed by atoms with E-state index in [0.29, 0.717) is 30.7 Å². The number of methoxy groups -OCH3 is 1. The maximum atomic E-state index is 13.5. The van der Waals surface area contributed by atoms with Gasteiger partial charge in [0.25, 0.3) is 0 Å². The molecule has 0 heterocycles. The van der Waals surface area contributed by atoms with Crippen LogP contribution in [0.3, 0.4) is 0 Å². The van der Waals surface area contributed by atoms with E-state index in [1.165, 1.54) is 7.11 Å². The Balaban J connectivity index is 1.66. The summed E-state index contributed by atoms with van der Waals surface area (Å²) >= 11 is 6.14. The van der Waals surface area contributed by atoms with Gasteiger partial charge in [-0.3, -0.25) is 0 Å². The van der Waals surface area contributed by atoms with Crippen molar-refractivity contribution in [1.29, 1.82) is 0 Å². The smallest absolute Gasteiger partial charge is 0.331 e. The molecule has 2 N–H and O–H groups in total. The first-order valence-electron chi connectivity index (χ1n) is 11.2. The van der Waals surface area contributed by atoms with E-state index in [2.05, 4.69) is 5.32 Å². The average Bonchev–Trinajstić information content (AvgIpc) is 3.11. The second-order valence-electron chi connectivity index (χ2n) is 9.03. The van der Waals surface area contributed by atoms with Gasteiger partial charge < -0.3 is 15.2 Å². The third-order valence-corrected chi connectivity index (χ3v) is 7.47. The number of carbonyl (C=O) groups is 1. The number of halogens is 3. The molecule has 0 saturated heterocycles. The molecule has 7 heteroatoms. The highest BCUT2D eigenvalue weighted by molar-refractivity contribution is 6.30. The third-order valence-electron chi connectivity index (χ3n) is 7.24. The fourth-order valence-corrected chi connectivity index (χ4v) is 5.63. The van der Waals surface area contributed by atoms with Crippen LogP contribution in [-0.2, 0) is 14.9 Å². The Morgan fingerprint density at radius 3 is 2.52 bits per heavy atom. The largest absolute Gasteiger partial charge is 0.467 e. The number of fused-ring (bicyclic) bond motifs is 2. The molecule has 2 aliphatic rings. The van der Waals surface area contributed by atoms with E-state index in [1.807, 2.05) is 42.5 Å². The van der Waals surface area contributed by atoms with Crippen molar-refractivity contribution >= 4 is 29.3 Å². The highest BCUT2D eigenvalue weighted by atomic mass is 35.5. The van der Waals surface area contributed by atoms with E-state index in [9.17, 15) is 18.7 Å². The van der Waals surface area contributed by atoms with Gasteiger partial charge in [-0.05, 0) is 61.4 Å². The number of aliphatic hydroxyl groups is 1. The maximum absolute atomic E-state index is 13.5. The molecule has 0 aliphatic heterocycles. The van der Waals surface area contributed by atoms with Crippen molar-refractivity contribution in [3.63, 3.8) is 0 Å². The highest BCUT2D eigenvalue weighted by Gasteiger charge is 2.52. The van der Waals surface area contributed by atoms with E-state index < -0.39 is 29.9 Å². The molecule has 0 bridgehead atoms. The lowest BCUT2D eigenvalue weighted by Crippen LogP contribution is -2.52. The lowest BCUT2D eigenvalue weighted by molar-refractivity contribution is -0.147. The van der Waals surface area contributed by atoms with Gasteiger partial charge in [0.15, 0.2) is 0 Å². The molecule has 0 radical (unpaired) electrons. The number of nitrogens with one attached hydrogen (secondary N) is 1. The van der Waals surface area contributed by atoms with Gasteiger partial charge in [-0.2, -0.15) is 0 Å². The van der Waals surface area contributed by atoms with Crippen LogP contribution in [0.1, 0.15) is 43.2 Å². The number of hydrogen-bond donors (Lipinski definition) is 2. The van der Waals surface area contributed by atoms with Gasteiger partial charge in [-0.15, -0.1) is 0 Å². The first-order valence-corrected chi connectivity index (χ1v) is 11.5. The van der Waals surface area contributed by atoms with Gasteiger partial charge in [0.2, 0.25) is 6.43 Å². The van der Waals surface area contributed by atoms with Gasteiger partial charge in [0.1, 0.15) is 5.54 Å². The molecule has 4 nitrogen and oxygen atoms in total. The number of benzene rings is 2. The first-order chi connectivity index (χ1) is 15.8. The summed E-state index contributed by atoms with van der Waals surface area (Å²) in [5.74, 6) is -1.46. The predicted molar refractivity (Wildman–Crippen MR) is 126 cm³/mol. The van der Waals surface area contributed by atoms with Gasteiger partial charge >= 0.3 is 5.97 Å². The minimum Gasteiger partial charge on any atom is -0.467 e. The normalized spacial score (nSPS) is 25.0. The summed E-state index contributed by atoms with van der Waals surface area (Å²) in [6.45, 7) is -0.566. The molecule has 1 spiro atoms. The molecule has 2 aliphatic carbocycles. The zero-order valence-corrected chi connectivity index (χ0v) is 19.2. The average molecular weight is 476 g/mol. The third kappa shape index (κ3) is 4.38. The Hall–Kier alpha value is -2.44. The van der Waals surface area contributed by atoms with E-state index in [0.717, 1.165) is 22.4 Å². The van der Waals surface area contributed by atoms with Gasteiger partial charge in [-0.1, -0.05) is 53.6 Å². The quantitative estimate of drug-likeness (QED) is 0.494. The first kappa shape index (κ1) is 23.7. The van der Waals surface area contributed by atoms with Crippen LogP contribution in [0.15, 0.2) is 54.1 Å². The van der Waals surface area contributed by atoms with Crippen LogP contribution in [0.2, 0.25) is 5.02 Å². The van der Waals surface area contributed by atoms with Crippen molar-refractivity contribution in [2.24, 2.45) is 5.92 Å². The van der Waals surface area contributed by atoms with Crippen LogP contribution in [0.4, 0.5) is 14.5 Å². The Bertz CT molecular complexity index is 1050. The van der Waals surface area contributed by atoms with Crippen molar-refractivity contribution in [1.82, 2.24) is 0 Å². The van der Waals surface area contributed by atoms with Crippen LogP contribution >= 0.6 is 11.6 Å². The number of alkyl halides is 2. The lowest BCUT2D eigenvalue weighted by Gasteiger charge is -2.46. The second kappa shape index (κ2) is 9.43. The molecular formula is C26H28ClF2NO3. The van der Waals surface area contributed by atoms with E-state index in [4.69, 9.17) is 16.3 Å². The van der Waals surface area contributed by atoms with Crippen molar-refractivity contribution in [3.05, 3.63) is 70.3 Å². The summed E-state index contributed by atoms with van der Waals surface area (Å²) in [7, 11) is 1.37. The maximum Gasteiger partial charge on any atom is 0.331 e. The molecule has 33 heavy (non-hydrogen) atoms. The van der Waals surface area contributed by atoms with Crippen LogP contribution in [-0.4, -0.2) is 36.8 Å². The summed E-state index contributed by atoms with van der Waals surface area (Å²) in [5, 5.41) is 13.5. The number of allylic oxidation sites excluding steroid dienone is 1. The molecule has 1 fully saturated rings. The Labute approximate surface area is 197 Å². The number of anilines is 1. The lowest BCUT2D eigenvalue weighted by atomic mass is 9.61. The zero-order chi connectivity index (χ0) is 23.6. The molecule has 176 valence electrons. The van der Waals surface area contributed by atoms with Gasteiger partial charge in [0.05, 0.1) is 13.7 Å². The summed E-state index contributed by atoms with van der Waals surface area (Å²) in [4.78, 5) is 13.0. The molecule has 0 amide bonds. The molecule has 0 aromatic heterocycles. The molecule has 4 rings (SSSR count). The summed E-state index contributed by atoms with van der Waals surface area (Å²) < 4.78 is 32.2. The second-order valence-corrected chi connectivity index (χ2v) is 9.47. The molecule has 2 aromatic rings. The van der Waals surface area contributed by atoms with Crippen molar-refractivity contribution < 1.29 is 23.4 Å². The number of ether oxygens (including phenoxy) is 1. The van der Waals surface area contributed by atoms with Crippen molar-refractivity contribution in [3.8, 4) is 0 Å². The Kier molecular flexibility index (Phi) is 6.78. The SMILES string of the molecule is COC(=O)C1(Nc2cccc(Cl)c2)CCC2(CC1)C(CC(CO)C(F)F)=Cc1ccccc12. The van der Waals surface area contributed by atoms with E-state index in [-0.39, 0.29) is 12.4 Å². The summed E-state index contributed by atoms with van der Waals surface area (Å²) in [5.41, 5.74) is 2.38. The predicted octanol–water partition coefficient (Wildman–Crippen LogP) is 5.84. The molecule has 2 aromatic carbocycles. The highest BCUT2D eigenvalue weighted by Crippen LogP contribution is 2.55. The fraction of sp³-hybridized carbons (Fsp3) is 0.423. The van der Waals surface area contributed by atoms with Gasteiger partial charge in [0, 0.05) is 22.0 Å². The van der Waals surface area contributed by atoms with Crippen LogP contribution in [0.25, 0.3) is 6.08 Å². The Morgan fingerprint density at radius 1 is 1.15 bits per heavy atom. The molecule has 1 saturated carbocycles. The minimum atomic E-state index is -2.60. The van der Waals surface area contributed by atoms with Crippen molar-refractivity contribution in [2.75, 3.05) is 19.0 Å². The summed E-state index contributed by atoms with van der Waals surface area (Å²) in [6, 6.07) is 15.1. The van der Waals surface area contributed by atoms with E-state index in [1.54, 1.807) is 12.1 Å². The molecular weight excluding hydrogens is 448 g/mol. The number of hydrogen-bond acceptors (Lipinski definition) is 4. The van der Waals surface area contributed by atoms with Gasteiger partial charge in [-0.25, -0.2) is 13.6 Å². The van der Waals surface area contributed by atoms with E-state index >= 15 is 0 Å². The topological polar surface area (TPSA) is 58.6 Å². The molecule has 1 atom stereocenters. The van der Waals surface area contributed by atoms with Crippen LogP contribution in [0, 0.1) is 5.92 Å². The van der Waals surface area contributed by atoms with Crippen molar-refractivity contribution in [2.45, 2.75) is 49.5 Å². The standard InChI is InChI=1S/C26H28ClF2NO3/c1-33-24(32)26(30-21-7-4-6-20(27)15-21)11-9-25(10-12-26)19(14-18(16-31)23(28)29)13-17-5-2-3-8-22(17)25/h2-8,13,15,18,23,30-31H,9-12,14,16H2,1H3. The Morgan fingerprint density at radius 2 is 1.88 bits per heavy atom. The fourth-order valence-electron chi connectivity index (χ4n) is 5.44. The summed E-state index contributed by atoms with van der Waals surface area (Å²) in [6.07, 6.45) is 1.65. The zero-order valence-electron chi connectivity index (χ0n) is 18.5. The number of aliphatic hydroxyl groups excluding tert-OH is 1. The van der Waals surface area contributed by atoms with Crippen LogP contribution in [0.5, 0.6) is 0 Å². The van der Waals surface area contributed by atoms with Crippen LogP contribution < -0.4 is 5.32 Å². The number of esters is 1. The molecule has 1 unspecified atom stereocenters. The minimum absolute atomic E-state index is 0.121.